The number of para-hydroxylation sites is 1. The van der Waals surface area contributed by atoms with Crippen molar-refractivity contribution in [1.29, 1.82) is 0 Å². The molecule has 1 unspecified atom stereocenters. The molecule has 1 saturated heterocycles. The number of carbonyl (C=O) groups excluding carboxylic acids is 1. The van der Waals surface area contributed by atoms with Crippen LogP contribution in [0.3, 0.4) is 0 Å². The van der Waals surface area contributed by atoms with E-state index in [0.29, 0.717) is 41.9 Å². The first kappa shape index (κ1) is 25.3. The number of benzene rings is 1. The third kappa shape index (κ3) is 4.95. The van der Waals surface area contributed by atoms with E-state index >= 15 is 0 Å². The van der Waals surface area contributed by atoms with Gasteiger partial charge in [-0.1, -0.05) is 41.5 Å². The molecule has 5 rings (SSSR count). The van der Waals surface area contributed by atoms with Gasteiger partial charge in [0.1, 0.15) is 10.3 Å². The summed E-state index contributed by atoms with van der Waals surface area (Å²) in [5, 5.41) is 5.09. The Balaban J connectivity index is 1.50. The molecule has 0 saturated carbocycles. The molecule has 1 fully saturated rings. The van der Waals surface area contributed by atoms with Gasteiger partial charge >= 0.3 is 0 Å². The van der Waals surface area contributed by atoms with Crippen LogP contribution in [0, 0.1) is 13.8 Å². The van der Waals surface area contributed by atoms with Gasteiger partial charge in [0.2, 0.25) is 5.91 Å². The highest BCUT2D eigenvalue weighted by molar-refractivity contribution is 7.91. The summed E-state index contributed by atoms with van der Waals surface area (Å²) in [6.07, 6.45) is 1.94. The van der Waals surface area contributed by atoms with Crippen molar-refractivity contribution in [2.45, 2.75) is 49.9 Å². The molecular weight excluding hydrogens is 538 g/mol. The monoisotopic (exact) mass is 563 g/mol. The smallest absolute Gasteiger partial charge is 0.253 e. The molecule has 4 aromatic rings. The van der Waals surface area contributed by atoms with Crippen LogP contribution in [0.15, 0.2) is 46.7 Å². The van der Waals surface area contributed by atoms with Gasteiger partial charge < -0.3 is 0 Å². The van der Waals surface area contributed by atoms with Crippen molar-refractivity contribution in [3.05, 3.63) is 58.2 Å². The van der Waals surface area contributed by atoms with Crippen LogP contribution in [0.5, 0.6) is 0 Å². The highest BCUT2D eigenvalue weighted by atomic mass is 35.5. The fourth-order valence-electron chi connectivity index (χ4n) is 4.54. The minimum Gasteiger partial charge on any atom is -0.285 e. The summed E-state index contributed by atoms with van der Waals surface area (Å²) in [5.74, 6) is -0.262. The molecule has 12 heteroatoms. The Labute approximate surface area is 223 Å². The van der Waals surface area contributed by atoms with Crippen molar-refractivity contribution in [2.24, 2.45) is 0 Å². The number of carbonyl (C=O) groups is 1. The van der Waals surface area contributed by atoms with Crippen LogP contribution in [0.4, 0.5) is 5.13 Å². The largest absolute Gasteiger partial charge is 0.285 e. The second-order valence-corrected chi connectivity index (χ2v) is 13.6. The van der Waals surface area contributed by atoms with E-state index in [1.165, 1.54) is 21.7 Å². The number of thiazole rings is 1. The standard InChI is InChI=1S/C24H26ClN5O3S3/c1-16-15-17(2)29(27-16)14-13-28(24-26-18-7-3-4-9-20(18)34-24)23(31)19-8-5-6-12-30(19)36(32,33)22-11-10-21(25)35-22/h3-4,7,9-11,15,19H,5-6,8,12-14H2,1-2H3. The van der Waals surface area contributed by atoms with Crippen LogP contribution < -0.4 is 4.90 Å². The molecule has 1 atom stereocenters. The molecular formula is C24H26ClN5O3S3. The van der Waals surface area contributed by atoms with Crippen molar-refractivity contribution in [3.8, 4) is 0 Å². The minimum absolute atomic E-state index is 0.154. The Bertz CT molecular complexity index is 1480. The number of halogens is 1. The van der Waals surface area contributed by atoms with Gasteiger partial charge in [0.05, 0.1) is 26.8 Å². The minimum atomic E-state index is -3.86. The zero-order chi connectivity index (χ0) is 25.4. The zero-order valence-electron chi connectivity index (χ0n) is 19.9. The number of fused-ring (bicyclic) bond motifs is 1. The number of aromatic nitrogens is 3. The fourth-order valence-corrected chi connectivity index (χ4v) is 8.80. The van der Waals surface area contributed by atoms with E-state index in [2.05, 4.69) is 5.10 Å². The summed E-state index contributed by atoms with van der Waals surface area (Å²) >= 11 is 8.47. The number of thiophene rings is 1. The second kappa shape index (κ2) is 10.2. The lowest BCUT2D eigenvalue weighted by atomic mass is 10.0. The van der Waals surface area contributed by atoms with Crippen molar-refractivity contribution >= 4 is 65.6 Å². The van der Waals surface area contributed by atoms with Crippen molar-refractivity contribution < 1.29 is 13.2 Å². The summed E-state index contributed by atoms with van der Waals surface area (Å²) in [7, 11) is -3.86. The lowest BCUT2D eigenvalue weighted by Crippen LogP contribution is -2.53. The molecule has 0 radical (unpaired) electrons. The van der Waals surface area contributed by atoms with Gasteiger partial charge in [-0.15, -0.1) is 11.3 Å². The summed E-state index contributed by atoms with van der Waals surface area (Å²) in [6, 6.07) is 12.0. The van der Waals surface area contributed by atoms with Crippen molar-refractivity contribution in [3.63, 3.8) is 0 Å². The number of hydrogen-bond donors (Lipinski definition) is 0. The van der Waals surface area contributed by atoms with Gasteiger partial charge in [0.25, 0.3) is 10.0 Å². The van der Waals surface area contributed by atoms with Crippen LogP contribution in [0.25, 0.3) is 10.2 Å². The van der Waals surface area contributed by atoms with Crippen LogP contribution in [-0.4, -0.2) is 52.5 Å². The molecule has 0 aliphatic carbocycles. The Morgan fingerprint density at radius 3 is 2.67 bits per heavy atom. The average Bonchev–Trinajstić information content (AvgIpc) is 3.57. The van der Waals surface area contributed by atoms with Gasteiger partial charge in [0.15, 0.2) is 5.13 Å². The van der Waals surface area contributed by atoms with Gasteiger partial charge in [-0.3, -0.25) is 14.4 Å². The SMILES string of the molecule is Cc1cc(C)n(CCN(C(=O)C2CCCCN2S(=O)(=O)c2ccc(Cl)s2)c2nc3ccccc3s2)n1. The Kier molecular flexibility index (Phi) is 7.19. The van der Waals surface area contributed by atoms with Crippen molar-refractivity contribution in [2.75, 3.05) is 18.0 Å². The molecule has 36 heavy (non-hydrogen) atoms. The molecule has 1 aliphatic rings. The molecule has 1 amide bonds. The van der Waals surface area contributed by atoms with Crippen molar-refractivity contribution in [1.82, 2.24) is 19.1 Å². The number of amides is 1. The fraction of sp³-hybridized carbons (Fsp3) is 0.375. The molecule has 8 nitrogen and oxygen atoms in total. The van der Waals surface area contributed by atoms with Crippen LogP contribution in [0.2, 0.25) is 4.34 Å². The van der Waals surface area contributed by atoms with Crippen LogP contribution in [-0.2, 0) is 21.4 Å². The molecule has 4 heterocycles. The Morgan fingerprint density at radius 2 is 1.97 bits per heavy atom. The van der Waals surface area contributed by atoms with Gasteiger partial charge in [-0.25, -0.2) is 13.4 Å². The number of anilines is 1. The molecule has 3 aromatic heterocycles. The first-order valence-electron chi connectivity index (χ1n) is 11.7. The highest BCUT2D eigenvalue weighted by Crippen LogP contribution is 2.34. The lowest BCUT2D eigenvalue weighted by molar-refractivity contribution is -0.123. The van der Waals surface area contributed by atoms with E-state index in [-0.39, 0.29) is 10.1 Å². The molecule has 0 N–H and O–H groups in total. The predicted octanol–water partition coefficient (Wildman–Crippen LogP) is 5.10. The number of aryl methyl sites for hydroxylation is 2. The summed E-state index contributed by atoms with van der Waals surface area (Å²) < 4.78 is 31.8. The third-order valence-electron chi connectivity index (χ3n) is 6.27. The van der Waals surface area contributed by atoms with Gasteiger partial charge in [0, 0.05) is 18.8 Å². The number of rotatable bonds is 7. The normalized spacial score (nSPS) is 17.0. The summed E-state index contributed by atoms with van der Waals surface area (Å²) in [4.78, 5) is 20.5. The molecule has 1 aromatic carbocycles. The molecule has 1 aliphatic heterocycles. The molecule has 190 valence electrons. The second-order valence-electron chi connectivity index (χ2n) is 8.79. The predicted molar refractivity (Wildman–Crippen MR) is 145 cm³/mol. The number of piperidine rings is 1. The maximum Gasteiger partial charge on any atom is 0.253 e. The Hall–Kier alpha value is -2.31. The van der Waals surface area contributed by atoms with Gasteiger partial charge in [-0.05, 0) is 57.0 Å². The topological polar surface area (TPSA) is 88.4 Å². The number of nitrogens with zero attached hydrogens (tertiary/aromatic N) is 5. The van der Waals surface area contributed by atoms with Crippen LogP contribution >= 0.6 is 34.3 Å². The zero-order valence-corrected chi connectivity index (χ0v) is 23.1. The van der Waals surface area contributed by atoms with Crippen LogP contribution in [0.1, 0.15) is 30.7 Å². The van der Waals surface area contributed by atoms with E-state index in [1.807, 2.05) is 48.9 Å². The van der Waals surface area contributed by atoms with E-state index in [4.69, 9.17) is 16.6 Å². The molecule has 0 bridgehead atoms. The quantitative estimate of drug-likeness (QED) is 0.312. The Morgan fingerprint density at radius 1 is 1.17 bits per heavy atom. The van der Waals surface area contributed by atoms with Gasteiger partial charge in [-0.2, -0.15) is 9.40 Å². The third-order valence-corrected chi connectivity index (χ3v) is 10.9. The maximum atomic E-state index is 14.1. The highest BCUT2D eigenvalue weighted by Gasteiger charge is 2.41. The van der Waals surface area contributed by atoms with E-state index in [9.17, 15) is 13.2 Å². The summed E-state index contributed by atoms with van der Waals surface area (Å²) in [6.45, 7) is 5.00. The summed E-state index contributed by atoms with van der Waals surface area (Å²) in [5.41, 5.74) is 2.72. The number of sulfonamides is 1. The average molecular weight is 564 g/mol. The van der Waals surface area contributed by atoms with E-state index < -0.39 is 16.1 Å². The first-order valence-corrected chi connectivity index (χ1v) is 15.1. The van der Waals surface area contributed by atoms with E-state index in [1.54, 1.807) is 11.0 Å². The maximum absolute atomic E-state index is 14.1. The lowest BCUT2D eigenvalue weighted by Gasteiger charge is -2.35. The molecule has 0 spiro atoms. The van der Waals surface area contributed by atoms with E-state index in [0.717, 1.165) is 39.4 Å². The first-order chi connectivity index (χ1) is 17.2. The number of hydrogen-bond acceptors (Lipinski definition) is 7.